The second-order valence-electron chi connectivity index (χ2n) is 9.72. The van der Waals surface area contributed by atoms with E-state index >= 15 is 0 Å². The average Bonchev–Trinajstić information content (AvgIpc) is 3.75. The highest BCUT2D eigenvalue weighted by Gasteiger charge is 2.16. The number of nitrogens with zero attached hydrogens (tertiary/aromatic N) is 6. The number of halogens is 6. The highest BCUT2D eigenvalue weighted by atomic mass is 35.5. The number of carbonyl (C=O) groups is 2. The number of nitrogen functional groups attached to an aromatic ring is 1. The first kappa shape index (κ1) is 36.0. The zero-order chi connectivity index (χ0) is 35.5. The van der Waals surface area contributed by atoms with Crippen molar-refractivity contribution >= 4 is 46.5 Å². The lowest BCUT2D eigenvalue weighted by Crippen LogP contribution is -2.15. The van der Waals surface area contributed by atoms with Gasteiger partial charge in [0.25, 0.3) is 11.7 Å². The first-order valence-electron chi connectivity index (χ1n) is 13.9. The Hall–Kier alpha value is -5.80. The van der Waals surface area contributed by atoms with Gasteiger partial charge in [-0.1, -0.05) is 71.7 Å². The van der Waals surface area contributed by atoms with Crippen molar-refractivity contribution in [3.05, 3.63) is 154 Å². The summed E-state index contributed by atoms with van der Waals surface area (Å²) in [6.45, 7) is 0.283. The number of amides is 1. The monoisotopic (exact) mass is 714 g/mol. The molecule has 2 aromatic heterocycles. The Kier molecular flexibility index (Phi) is 12.4. The summed E-state index contributed by atoms with van der Waals surface area (Å²) < 4.78 is 55.7. The summed E-state index contributed by atoms with van der Waals surface area (Å²) in [6.07, 6.45) is 2.56. The average molecular weight is 715 g/mol. The molecule has 2 heterocycles. The van der Waals surface area contributed by atoms with Gasteiger partial charge in [0.15, 0.2) is 11.6 Å². The molecule has 6 rings (SSSR count). The van der Waals surface area contributed by atoms with Crippen LogP contribution in [0.5, 0.6) is 0 Å². The maximum absolute atomic E-state index is 13.8. The van der Waals surface area contributed by atoms with E-state index < -0.39 is 23.5 Å². The van der Waals surface area contributed by atoms with Crippen molar-refractivity contribution in [2.75, 3.05) is 11.1 Å². The van der Waals surface area contributed by atoms with Crippen molar-refractivity contribution in [2.24, 2.45) is 0 Å². The van der Waals surface area contributed by atoms with E-state index in [2.05, 4.69) is 25.5 Å². The van der Waals surface area contributed by atoms with Gasteiger partial charge in [-0.25, -0.2) is 41.7 Å². The molecule has 252 valence electrons. The lowest BCUT2D eigenvalue weighted by Gasteiger charge is -2.05. The van der Waals surface area contributed by atoms with Crippen LogP contribution < -0.4 is 11.1 Å². The number of rotatable bonds is 7. The molecular formula is C32H24Cl2F4N8O3. The normalized spacial score (nSPS) is 10.3. The van der Waals surface area contributed by atoms with E-state index in [1.807, 2.05) is 0 Å². The predicted molar refractivity (Wildman–Crippen MR) is 173 cm³/mol. The minimum absolute atomic E-state index is 0.0648. The molecular weight excluding hydrogens is 691 g/mol. The summed E-state index contributed by atoms with van der Waals surface area (Å²) in [5, 5.41) is 18.6. The predicted octanol–water partition coefficient (Wildman–Crippen LogP) is 6.74. The first-order valence-corrected chi connectivity index (χ1v) is 14.6. The van der Waals surface area contributed by atoms with E-state index in [-0.39, 0.29) is 57.8 Å². The number of aromatic nitrogens is 6. The van der Waals surface area contributed by atoms with Crippen molar-refractivity contribution in [1.82, 2.24) is 29.5 Å². The molecule has 0 unspecified atom stereocenters. The standard InChI is InChI=1S/C16H11ClF2N4O.C10H8FN3O2.C6H5ClFN/c17-11-5-3-7-13(14(11)19)21-16(24)15-20-9-23(22-15)8-10-4-1-2-6-12(10)18;11-8-4-2-1-3-7(8)5-14-6-12-9(13-14)10(15)16;7-4-2-1-3-5(9)6(4)8/h1-7,9H,8H2,(H,21,24);1-4,6H,5H2,(H,15,16);1-3H,9H2. The van der Waals surface area contributed by atoms with Crippen molar-refractivity contribution < 1.29 is 32.3 Å². The van der Waals surface area contributed by atoms with Crippen molar-refractivity contribution in [1.29, 1.82) is 0 Å². The lowest BCUT2D eigenvalue weighted by atomic mass is 10.2. The molecule has 4 N–H and O–H groups in total. The summed E-state index contributed by atoms with van der Waals surface area (Å²) in [7, 11) is 0. The smallest absolute Gasteiger partial charge is 0.375 e. The molecule has 0 fully saturated rings. The van der Waals surface area contributed by atoms with Crippen LogP contribution in [0.15, 0.2) is 97.6 Å². The second kappa shape index (κ2) is 16.9. The SMILES string of the molecule is Nc1cccc(Cl)c1F.O=C(Nc1cccc(Cl)c1F)c1ncn(Cc2ccccc2F)n1.O=C(O)c1ncn(Cc2ccccc2F)n1. The van der Waals surface area contributed by atoms with Crippen LogP contribution in [0.3, 0.4) is 0 Å². The molecule has 0 aliphatic rings. The molecule has 0 aliphatic carbocycles. The van der Waals surface area contributed by atoms with Gasteiger partial charge in [-0.2, -0.15) is 0 Å². The van der Waals surface area contributed by atoms with Crippen molar-refractivity contribution in [3.8, 4) is 0 Å². The number of hydrogen-bond donors (Lipinski definition) is 3. The third kappa shape index (κ3) is 10.1. The van der Waals surface area contributed by atoms with Crippen LogP contribution in [-0.4, -0.2) is 46.5 Å². The molecule has 6 aromatic rings. The minimum Gasteiger partial charge on any atom is -0.475 e. The number of carboxylic acid groups (broad SMARTS) is 1. The lowest BCUT2D eigenvalue weighted by molar-refractivity contribution is 0.0683. The van der Waals surface area contributed by atoms with E-state index in [1.54, 1.807) is 42.5 Å². The molecule has 1 amide bonds. The Labute approximate surface area is 285 Å². The number of benzene rings is 4. The molecule has 0 saturated heterocycles. The second-order valence-corrected chi connectivity index (χ2v) is 10.5. The van der Waals surface area contributed by atoms with E-state index in [0.29, 0.717) is 11.1 Å². The molecule has 0 saturated carbocycles. The van der Waals surface area contributed by atoms with Crippen LogP contribution in [0, 0.1) is 23.3 Å². The third-order valence-electron chi connectivity index (χ3n) is 6.23. The van der Waals surface area contributed by atoms with Crippen LogP contribution in [-0.2, 0) is 13.1 Å². The van der Waals surface area contributed by atoms with Gasteiger partial charge in [0.2, 0.25) is 5.82 Å². The Bertz CT molecular complexity index is 2060. The Balaban J connectivity index is 0.000000185. The molecule has 17 heteroatoms. The molecule has 11 nitrogen and oxygen atoms in total. The fourth-order valence-corrected chi connectivity index (χ4v) is 4.20. The van der Waals surface area contributed by atoms with Gasteiger partial charge < -0.3 is 16.2 Å². The zero-order valence-electron chi connectivity index (χ0n) is 24.9. The van der Waals surface area contributed by atoms with E-state index in [0.717, 1.165) is 0 Å². The van der Waals surface area contributed by atoms with Crippen molar-refractivity contribution in [2.45, 2.75) is 13.1 Å². The number of carbonyl (C=O) groups excluding carboxylic acids is 1. The number of anilines is 2. The Morgan fingerprint density at radius 1 is 0.694 bits per heavy atom. The fourth-order valence-electron chi connectivity index (χ4n) is 3.85. The number of carboxylic acids is 1. The highest BCUT2D eigenvalue weighted by Crippen LogP contribution is 2.22. The largest absolute Gasteiger partial charge is 0.475 e. The van der Waals surface area contributed by atoms with Gasteiger partial charge in [0.05, 0.1) is 34.5 Å². The topological polar surface area (TPSA) is 154 Å². The van der Waals surface area contributed by atoms with E-state index in [4.69, 9.17) is 34.0 Å². The number of aromatic carboxylic acids is 1. The van der Waals surface area contributed by atoms with Gasteiger partial charge >= 0.3 is 5.97 Å². The molecule has 0 spiro atoms. The van der Waals surface area contributed by atoms with Crippen molar-refractivity contribution in [3.63, 3.8) is 0 Å². The number of nitrogens with one attached hydrogen (secondary N) is 1. The summed E-state index contributed by atoms with van der Waals surface area (Å²) in [5.74, 6) is -4.36. The summed E-state index contributed by atoms with van der Waals surface area (Å²) >= 11 is 11.0. The van der Waals surface area contributed by atoms with Crippen LogP contribution in [0.2, 0.25) is 10.0 Å². The first-order chi connectivity index (χ1) is 23.4. The maximum atomic E-state index is 13.8. The molecule has 49 heavy (non-hydrogen) atoms. The zero-order valence-corrected chi connectivity index (χ0v) is 26.5. The van der Waals surface area contributed by atoms with Crippen LogP contribution in [0.25, 0.3) is 0 Å². The Morgan fingerprint density at radius 2 is 1.18 bits per heavy atom. The summed E-state index contributed by atoms with van der Waals surface area (Å²) in [4.78, 5) is 30.0. The van der Waals surface area contributed by atoms with Gasteiger partial charge in [-0.3, -0.25) is 4.79 Å². The van der Waals surface area contributed by atoms with Gasteiger partial charge in [0, 0.05) is 11.1 Å². The molecule has 0 atom stereocenters. The quantitative estimate of drug-likeness (QED) is 0.121. The number of hydrogen-bond acceptors (Lipinski definition) is 7. The van der Waals surface area contributed by atoms with Crippen LogP contribution in [0.4, 0.5) is 28.9 Å². The van der Waals surface area contributed by atoms with Crippen LogP contribution >= 0.6 is 23.2 Å². The van der Waals surface area contributed by atoms with E-state index in [9.17, 15) is 27.2 Å². The Morgan fingerprint density at radius 3 is 1.67 bits per heavy atom. The van der Waals surface area contributed by atoms with Gasteiger partial charge in [-0.15, -0.1) is 10.2 Å². The summed E-state index contributed by atoms with van der Waals surface area (Å²) in [6, 6.07) is 21.2. The third-order valence-corrected chi connectivity index (χ3v) is 6.81. The number of nitrogens with two attached hydrogens (primary N) is 1. The van der Waals surface area contributed by atoms with Gasteiger partial charge in [-0.05, 0) is 36.4 Å². The minimum atomic E-state index is -1.20. The molecule has 0 aliphatic heterocycles. The summed E-state index contributed by atoms with van der Waals surface area (Å²) in [5.41, 5.74) is 6.02. The highest BCUT2D eigenvalue weighted by molar-refractivity contribution is 6.31. The van der Waals surface area contributed by atoms with E-state index in [1.165, 1.54) is 64.5 Å². The molecule has 0 radical (unpaired) electrons. The van der Waals surface area contributed by atoms with Crippen LogP contribution in [0.1, 0.15) is 32.4 Å². The fraction of sp³-hybridized carbons (Fsp3) is 0.0625. The molecule has 0 bridgehead atoms. The maximum Gasteiger partial charge on any atom is 0.375 e. The van der Waals surface area contributed by atoms with Gasteiger partial charge in [0.1, 0.15) is 24.3 Å². The molecule has 4 aromatic carbocycles.